The first-order valence-corrected chi connectivity index (χ1v) is 9.80. The molecule has 0 aliphatic rings. The molecule has 0 aliphatic heterocycles. The lowest BCUT2D eigenvalue weighted by Gasteiger charge is -2.36. The highest BCUT2D eigenvalue weighted by molar-refractivity contribution is 6.00. The number of nitrogens with zero attached hydrogens (tertiary/aromatic N) is 1. The Hall–Kier alpha value is -4.06. The monoisotopic (exact) mass is 414 g/mol. The molecular formula is C25H22N2O4. The second kappa shape index (κ2) is 7.99. The molecule has 0 unspecified atom stereocenters. The molecule has 0 bridgehead atoms. The number of carboxylic acid groups (broad SMARTS) is 1. The minimum Gasteiger partial charge on any atom is -0.479 e. The van der Waals surface area contributed by atoms with Crippen LogP contribution in [-0.2, 0) is 15.1 Å². The van der Waals surface area contributed by atoms with Gasteiger partial charge in [-0.2, -0.15) is 0 Å². The van der Waals surface area contributed by atoms with E-state index in [0.717, 1.165) is 26.9 Å². The van der Waals surface area contributed by atoms with Gasteiger partial charge in [0, 0.05) is 10.9 Å². The first kappa shape index (κ1) is 20.2. The molecule has 0 spiro atoms. The maximum atomic E-state index is 12.8. The molecule has 1 aromatic heterocycles. The van der Waals surface area contributed by atoms with Crippen molar-refractivity contribution < 1.29 is 19.4 Å². The summed E-state index contributed by atoms with van der Waals surface area (Å²) in [5, 5.41) is 11.0. The number of carbonyl (C=O) groups is 2. The zero-order chi connectivity index (χ0) is 22.0. The Labute approximate surface area is 179 Å². The van der Waals surface area contributed by atoms with Gasteiger partial charge in [0.15, 0.2) is 5.54 Å². The molecule has 6 nitrogen and oxygen atoms in total. The molecule has 1 atom stereocenters. The predicted octanol–water partition coefficient (Wildman–Crippen LogP) is 5.41. The highest BCUT2D eigenvalue weighted by atomic mass is 16.5. The number of methoxy groups -OCH3 is 1. The van der Waals surface area contributed by atoms with Crippen molar-refractivity contribution in [3.8, 4) is 11.1 Å². The Morgan fingerprint density at radius 1 is 0.903 bits per heavy atom. The van der Waals surface area contributed by atoms with Gasteiger partial charge >= 0.3 is 12.1 Å². The standard InChI is InChI=1S/C25H22N2O4/c1-25(23(28)29,20-11-7-4-8-12-20)27(24(30)31-2)22-16-19-15-18(13-14-21(19)26-22)17-9-5-3-6-10-17/h3-16,26H,1-2H3,(H,28,29)/t25-/m0/s1. The van der Waals surface area contributed by atoms with E-state index in [2.05, 4.69) is 4.98 Å². The topological polar surface area (TPSA) is 82.6 Å². The van der Waals surface area contributed by atoms with Crippen LogP contribution in [0.3, 0.4) is 0 Å². The maximum absolute atomic E-state index is 12.8. The summed E-state index contributed by atoms with van der Waals surface area (Å²) >= 11 is 0. The molecule has 0 aliphatic carbocycles. The summed E-state index contributed by atoms with van der Waals surface area (Å²) in [6.07, 6.45) is -0.774. The second-order valence-electron chi connectivity index (χ2n) is 7.37. The van der Waals surface area contributed by atoms with E-state index in [1.807, 2.05) is 48.5 Å². The average molecular weight is 414 g/mol. The van der Waals surface area contributed by atoms with Gasteiger partial charge in [0.25, 0.3) is 0 Å². The fourth-order valence-corrected chi connectivity index (χ4v) is 3.77. The highest BCUT2D eigenvalue weighted by Crippen LogP contribution is 2.36. The molecule has 6 heteroatoms. The summed E-state index contributed by atoms with van der Waals surface area (Å²) in [6, 6.07) is 26.2. The smallest absolute Gasteiger partial charge is 0.416 e. The number of ether oxygens (including phenoxy) is 1. The van der Waals surface area contributed by atoms with E-state index < -0.39 is 17.6 Å². The number of aliphatic carboxylic acids is 1. The van der Waals surface area contributed by atoms with E-state index in [0.29, 0.717) is 11.4 Å². The Kier molecular flexibility index (Phi) is 5.21. The predicted molar refractivity (Wildman–Crippen MR) is 120 cm³/mol. The van der Waals surface area contributed by atoms with Crippen molar-refractivity contribution in [1.82, 2.24) is 4.98 Å². The first-order valence-electron chi connectivity index (χ1n) is 9.80. The Balaban J connectivity index is 1.86. The third kappa shape index (κ3) is 3.53. The summed E-state index contributed by atoms with van der Waals surface area (Å²) in [7, 11) is 1.23. The number of H-pyrrole nitrogens is 1. The molecule has 31 heavy (non-hydrogen) atoms. The average Bonchev–Trinajstić information content (AvgIpc) is 3.22. The number of carboxylic acids is 1. The molecule has 0 radical (unpaired) electrons. The van der Waals surface area contributed by atoms with Gasteiger partial charge in [0.1, 0.15) is 5.82 Å². The van der Waals surface area contributed by atoms with Crippen LogP contribution in [0.4, 0.5) is 10.6 Å². The first-order chi connectivity index (χ1) is 14.9. The van der Waals surface area contributed by atoms with Crippen molar-refractivity contribution in [2.24, 2.45) is 0 Å². The number of fused-ring (bicyclic) bond motifs is 1. The van der Waals surface area contributed by atoms with Crippen LogP contribution < -0.4 is 4.90 Å². The third-order valence-electron chi connectivity index (χ3n) is 5.51. The quantitative estimate of drug-likeness (QED) is 0.458. The van der Waals surface area contributed by atoms with Crippen LogP contribution >= 0.6 is 0 Å². The molecule has 1 amide bonds. The summed E-state index contributed by atoms with van der Waals surface area (Å²) in [5.74, 6) is -0.839. The van der Waals surface area contributed by atoms with E-state index in [9.17, 15) is 14.7 Å². The van der Waals surface area contributed by atoms with Crippen molar-refractivity contribution in [3.63, 3.8) is 0 Å². The number of rotatable bonds is 5. The number of aromatic nitrogens is 1. The third-order valence-corrected chi connectivity index (χ3v) is 5.51. The van der Waals surface area contributed by atoms with E-state index in [-0.39, 0.29) is 0 Å². The lowest BCUT2D eigenvalue weighted by molar-refractivity contribution is -0.143. The van der Waals surface area contributed by atoms with Crippen molar-refractivity contribution in [2.45, 2.75) is 12.5 Å². The van der Waals surface area contributed by atoms with Gasteiger partial charge in [-0.25, -0.2) is 14.5 Å². The molecule has 1 heterocycles. The van der Waals surface area contributed by atoms with E-state index in [1.165, 1.54) is 14.0 Å². The number of aromatic amines is 1. The molecule has 3 aromatic carbocycles. The van der Waals surface area contributed by atoms with Crippen molar-refractivity contribution in [1.29, 1.82) is 0 Å². The lowest BCUT2D eigenvalue weighted by Crippen LogP contribution is -2.53. The number of carbonyl (C=O) groups excluding carboxylic acids is 1. The van der Waals surface area contributed by atoms with Crippen LogP contribution in [0.2, 0.25) is 0 Å². The van der Waals surface area contributed by atoms with E-state index >= 15 is 0 Å². The number of anilines is 1. The molecule has 0 fully saturated rings. The summed E-state index contributed by atoms with van der Waals surface area (Å²) in [5.41, 5.74) is 1.64. The number of benzene rings is 3. The fourth-order valence-electron chi connectivity index (χ4n) is 3.77. The molecule has 4 rings (SSSR count). The van der Waals surface area contributed by atoms with Gasteiger partial charge in [0.05, 0.1) is 7.11 Å². The van der Waals surface area contributed by atoms with Crippen molar-refractivity contribution >= 4 is 28.8 Å². The lowest BCUT2D eigenvalue weighted by atomic mass is 9.90. The number of hydrogen-bond donors (Lipinski definition) is 2. The minimum atomic E-state index is -1.68. The largest absolute Gasteiger partial charge is 0.479 e. The molecule has 2 N–H and O–H groups in total. The Morgan fingerprint density at radius 2 is 1.55 bits per heavy atom. The van der Waals surface area contributed by atoms with E-state index in [1.54, 1.807) is 36.4 Å². The Bertz CT molecular complexity index is 1230. The molecule has 156 valence electrons. The number of nitrogens with one attached hydrogen (secondary N) is 1. The van der Waals surface area contributed by atoms with Crippen LogP contribution in [0.15, 0.2) is 84.9 Å². The highest BCUT2D eigenvalue weighted by Gasteiger charge is 2.46. The van der Waals surface area contributed by atoms with Crippen LogP contribution in [-0.4, -0.2) is 29.3 Å². The number of hydrogen-bond acceptors (Lipinski definition) is 3. The Morgan fingerprint density at radius 3 is 2.16 bits per heavy atom. The van der Waals surface area contributed by atoms with Crippen LogP contribution in [0, 0.1) is 0 Å². The molecule has 0 saturated heterocycles. The molecule has 0 saturated carbocycles. The van der Waals surface area contributed by atoms with Crippen molar-refractivity contribution in [3.05, 3.63) is 90.5 Å². The number of amides is 1. The van der Waals surface area contributed by atoms with Gasteiger partial charge in [-0.15, -0.1) is 0 Å². The summed E-state index contributed by atoms with van der Waals surface area (Å²) < 4.78 is 4.98. The van der Waals surface area contributed by atoms with Crippen molar-refractivity contribution in [2.75, 3.05) is 12.0 Å². The van der Waals surface area contributed by atoms with E-state index in [4.69, 9.17) is 4.74 Å². The van der Waals surface area contributed by atoms with Gasteiger partial charge in [-0.1, -0.05) is 66.7 Å². The molecular weight excluding hydrogens is 392 g/mol. The normalized spacial score (nSPS) is 12.8. The zero-order valence-corrected chi connectivity index (χ0v) is 17.2. The van der Waals surface area contributed by atoms with Crippen LogP contribution in [0.25, 0.3) is 22.0 Å². The van der Waals surface area contributed by atoms with Gasteiger partial charge in [0.2, 0.25) is 0 Å². The fraction of sp³-hybridized carbons (Fsp3) is 0.120. The van der Waals surface area contributed by atoms with Gasteiger partial charge in [-0.05, 0) is 41.8 Å². The summed E-state index contributed by atoms with van der Waals surface area (Å²) in [4.78, 5) is 29.6. The second-order valence-corrected chi connectivity index (χ2v) is 7.37. The SMILES string of the molecule is COC(=O)N(c1cc2cc(-c3ccccc3)ccc2[nH]1)[C@](C)(C(=O)O)c1ccccc1. The summed E-state index contributed by atoms with van der Waals surface area (Å²) in [6.45, 7) is 1.49. The zero-order valence-electron chi connectivity index (χ0n) is 17.2. The van der Waals surface area contributed by atoms with Gasteiger partial charge < -0.3 is 14.8 Å². The molecule has 4 aromatic rings. The maximum Gasteiger partial charge on any atom is 0.416 e. The minimum absolute atomic E-state index is 0.334. The van der Waals surface area contributed by atoms with Gasteiger partial charge in [-0.3, -0.25) is 0 Å². The van der Waals surface area contributed by atoms with Crippen LogP contribution in [0.5, 0.6) is 0 Å². The van der Waals surface area contributed by atoms with Crippen LogP contribution in [0.1, 0.15) is 12.5 Å².